The Hall–Kier alpha value is -1.60. The molecule has 2 aromatic rings. The van der Waals surface area contributed by atoms with E-state index in [0.717, 1.165) is 17.0 Å². The molecule has 0 saturated carbocycles. The van der Waals surface area contributed by atoms with E-state index in [-0.39, 0.29) is 13.2 Å². The topological polar surface area (TPSA) is 48.1 Å². The van der Waals surface area contributed by atoms with E-state index in [9.17, 15) is 13.2 Å². The van der Waals surface area contributed by atoms with Crippen LogP contribution in [0.1, 0.15) is 16.0 Å². The summed E-state index contributed by atoms with van der Waals surface area (Å²) in [5.41, 5.74) is 5.26. The lowest BCUT2D eigenvalue weighted by Gasteiger charge is -2.08. The van der Waals surface area contributed by atoms with Gasteiger partial charge in [0.25, 0.3) is 0 Å². The first-order valence-corrected chi connectivity index (χ1v) is 6.21. The van der Waals surface area contributed by atoms with E-state index in [1.807, 2.05) is 0 Å². The van der Waals surface area contributed by atoms with E-state index < -0.39 is 11.7 Å². The van der Waals surface area contributed by atoms with E-state index >= 15 is 0 Å². The highest BCUT2D eigenvalue weighted by molar-refractivity contribution is 7.15. The average Bonchev–Trinajstić information content (AvgIpc) is 2.74. The van der Waals surface area contributed by atoms with Crippen molar-refractivity contribution in [3.63, 3.8) is 0 Å². The molecule has 0 radical (unpaired) electrons. The molecule has 0 aliphatic rings. The zero-order chi connectivity index (χ0) is 13.9. The van der Waals surface area contributed by atoms with Crippen LogP contribution in [0.5, 0.6) is 0 Å². The lowest BCUT2D eigenvalue weighted by molar-refractivity contribution is -0.137. The molecular weight excluding hydrogens is 277 g/mol. The maximum atomic E-state index is 12.5. The van der Waals surface area contributed by atoms with Gasteiger partial charge in [0, 0.05) is 6.20 Å². The van der Waals surface area contributed by atoms with E-state index in [1.165, 1.54) is 17.4 Å². The smallest absolute Gasteiger partial charge is 0.375 e. The molecule has 102 valence electrons. The van der Waals surface area contributed by atoms with Crippen LogP contribution in [0.2, 0.25) is 0 Å². The molecule has 1 aromatic heterocycles. The minimum absolute atomic E-state index is 0.113. The number of hydrogen-bond donors (Lipinski definition) is 1. The number of anilines is 1. The molecule has 0 atom stereocenters. The van der Waals surface area contributed by atoms with Crippen molar-refractivity contribution in [2.75, 3.05) is 5.73 Å². The predicted octanol–water partition coefficient (Wildman–Crippen LogP) is 3.46. The highest BCUT2D eigenvalue weighted by atomic mass is 32.1. The van der Waals surface area contributed by atoms with Crippen molar-refractivity contribution in [2.24, 2.45) is 0 Å². The maximum Gasteiger partial charge on any atom is 0.416 e. The quantitative estimate of drug-likeness (QED) is 0.937. The number of hydrogen-bond acceptors (Lipinski definition) is 4. The van der Waals surface area contributed by atoms with Crippen molar-refractivity contribution in [3.05, 3.63) is 46.5 Å². The van der Waals surface area contributed by atoms with Crippen molar-refractivity contribution in [1.82, 2.24) is 4.98 Å². The molecule has 0 unspecified atom stereocenters. The van der Waals surface area contributed by atoms with Gasteiger partial charge in [0.15, 0.2) is 5.13 Å². The Balaban J connectivity index is 1.93. The maximum absolute atomic E-state index is 12.5. The van der Waals surface area contributed by atoms with Crippen molar-refractivity contribution in [3.8, 4) is 0 Å². The minimum atomic E-state index is -4.33. The zero-order valence-corrected chi connectivity index (χ0v) is 10.6. The first kappa shape index (κ1) is 13.8. The molecule has 1 heterocycles. The van der Waals surface area contributed by atoms with E-state index in [0.29, 0.717) is 10.7 Å². The summed E-state index contributed by atoms with van der Waals surface area (Å²) in [6.45, 7) is 0.396. The number of nitrogen functional groups attached to an aromatic ring is 1. The van der Waals surface area contributed by atoms with Gasteiger partial charge < -0.3 is 10.5 Å². The molecule has 0 aliphatic heterocycles. The van der Waals surface area contributed by atoms with Gasteiger partial charge in [-0.15, -0.1) is 0 Å². The number of benzene rings is 1. The lowest BCUT2D eigenvalue weighted by Crippen LogP contribution is -2.05. The number of aromatic nitrogens is 1. The Morgan fingerprint density at radius 2 is 2.05 bits per heavy atom. The Kier molecular flexibility index (Phi) is 4.06. The Bertz CT molecular complexity index is 554. The van der Waals surface area contributed by atoms with Crippen molar-refractivity contribution in [2.45, 2.75) is 19.4 Å². The van der Waals surface area contributed by atoms with E-state index in [4.69, 9.17) is 10.5 Å². The van der Waals surface area contributed by atoms with Crippen molar-refractivity contribution in [1.29, 1.82) is 0 Å². The largest absolute Gasteiger partial charge is 0.416 e. The van der Waals surface area contributed by atoms with Crippen molar-refractivity contribution < 1.29 is 17.9 Å². The summed E-state index contributed by atoms with van der Waals surface area (Å²) in [7, 11) is 0. The van der Waals surface area contributed by atoms with Crippen LogP contribution in [-0.4, -0.2) is 4.98 Å². The van der Waals surface area contributed by atoms with Gasteiger partial charge in [-0.3, -0.25) is 0 Å². The van der Waals surface area contributed by atoms with Gasteiger partial charge in [-0.25, -0.2) is 4.98 Å². The average molecular weight is 288 g/mol. The number of rotatable bonds is 4. The molecular formula is C12H11F3N2OS. The standard InChI is InChI=1S/C12H11F3N2OS/c13-12(14,15)9-3-1-2-8(4-9)6-18-7-10-5-17-11(16)19-10/h1-5H,6-7H2,(H2,16,17). The van der Waals surface area contributed by atoms with Gasteiger partial charge in [-0.2, -0.15) is 13.2 Å². The number of ether oxygens (including phenoxy) is 1. The highest BCUT2D eigenvalue weighted by Gasteiger charge is 2.30. The summed E-state index contributed by atoms with van der Waals surface area (Å²) in [6.07, 6.45) is -2.74. The van der Waals surface area contributed by atoms with E-state index in [2.05, 4.69) is 4.98 Å². The molecule has 2 rings (SSSR count). The normalized spacial score (nSPS) is 11.7. The summed E-state index contributed by atoms with van der Waals surface area (Å²) < 4.78 is 42.8. The van der Waals surface area contributed by atoms with Gasteiger partial charge in [0.2, 0.25) is 0 Å². The summed E-state index contributed by atoms with van der Waals surface area (Å²) in [6, 6.07) is 5.08. The molecule has 0 saturated heterocycles. The van der Waals surface area contributed by atoms with Crippen LogP contribution in [-0.2, 0) is 24.1 Å². The Morgan fingerprint density at radius 1 is 1.26 bits per heavy atom. The summed E-state index contributed by atoms with van der Waals surface area (Å²) >= 11 is 1.29. The first-order chi connectivity index (χ1) is 8.95. The monoisotopic (exact) mass is 288 g/mol. The van der Waals surface area contributed by atoms with Crippen LogP contribution in [0, 0.1) is 0 Å². The van der Waals surface area contributed by atoms with Gasteiger partial charge >= 0.3 is 6.18 Å². The third kappa shape index (κ3) is 3.93. The zero-order valence-electron chi connectivity index (χ0n) is 9.78. The van der Waals surface area contributed by atoms with Crippen LogP contribution in [0.25, 0.3) is 0 Å². The van der Waals surface area contributed by atoms with Crippen LogP contribution in [0.15, 0.2) is 30.5 Å². The number of thiazole rings is 1. The Morgan fingerprint density at radius 3 is 2.68 bits per heavy atom. The molecule has 0 spiro atoms. The predicted molar refractivity (Wildman–Crippen MR) is 66.5 cm³/mol. The minimum Gasteiger partial charge on any atom is -0.375 e. The third-order valence-corrected chi connectivity index (χ3v) is 3.14. The Labute approximate surface area is 111 Å². The van der Waals surface area contributed by atoms with Gasteiger partial charge in [-0.1, -0.05) is 23.5 Å². The van der Waals surface area contributed by atoms with Gasteiger partial charge in [0.05, 0.1) is 23.7 Å². The van der Waals surface area contributed by atoms with Crippen LogP contribution >= 0.6 is 11.3 Å². The molecule has 0 aliphatic carbocycles. The number of nitrogens with zero attached hydrogens (tertiary/aromatic N) is 1. The van der Waals surface area contributed by atoms with E-state index in [1.54, 1.807) is 12.3 Å². The second kappa shape index (κ2) is 5.58. The second-order valence-corrected chi connectivity index (χ2v) is 5.00. The van der Waals surface area contributed by atoms with Gasteiger partial charge in [0.1, 0.15) is 0 Å². The molecule has 2 N–H and O–H groups in total. The van der Waals surface area contributed by atoms with Crippen LogP contribution in [0.3, 0.4) is 0 Å². The summed E-state index contributed by atoms with van der Waals surface area (Å²) in [4.78, 5) is 4.69. The third-order valence-electron chi connectivity index (χ3n) is 2.34. The second-order valence-electron chi connectivity index (χ2n) is 3.86. The highest BCUT2D eigenvalue weighted by Crippen LogP contribution is 2.29. The first-order valence-electron chi connectivity index (χ1n) is 5.39. The number of halogens is 3. The molecule has 3 nitrogen and oxygen atoms in total. The fourth-order valence-corrected chi connectivity index (χ4v) is 2.12. The summed E-state index contributed by atoms with van der Waals surface area (Å²) in [5, 5.41) is 0.442. The molecule has 7 heteroatoms. The summed E-state index contributed by atoms with van der Waals surface area (Å²) in [5.74, 6) is 0. The lowest BCUT2D eigenvalue weighted by atomic mass is 10.1. The molecule has 0 bridgehead atoms. The fraction of sp³-hybridized carbons (Fsp3) is 0.250. The molecule has 1 aromatic carbocycles. The number of alkyl halides is 3. The van der Waals surface area contributed by atoms with Gasteiger partial charge in [-0.05, 0) is 17.7 Å². The number of nitrogens with two attached hydrogens (primary N) is 1. The SMILES string of the molecule is Nc1ncc(COCc2cccc(C(F)(F)F)c2)s1. The van der Waals surface area contributed by atoms with Crippen LogP contribution in [0.4, 0.5) is 18.3 Å². The molecule has 0 fully saturated rings. The molecule has 19 heavy (non-hydrogen) atoms. The van der Waals surface area contributed by atoms with Crippen LogP contribution < -0.4 is 5.73 Å². The molecule has 0 amide bonds. The van der Waals surface area contributed by atoms with Crippen molar-refractivity contribution >= 4 is 16.5 Å². The fourth-order valence-electron chi connectivity index (χ4n) is 1.50.